The number of fused-ring (bicyclic) bond motifs is 1. The van der Waals surface area contributed by atoms with Gasteiger partial charge in [0.2, 0.25) is 0 Å². The van der Waals surface area contributed by atoms with Crippen LogP contribution >= 0.6 is 0 Å². The molecule has 1 amide bonds. The molecule has 1 spiro atoms. The number of benzene rings is 1. The number of rotatable bonds is 6. The molecule has 8 nitrogen and oxygen atoms in total. The molecule has 2 aromatic rings. The van der Waals surface area contributed by atoms with Gasteiger partial charge in [0.25, 0.3) is 12.4 Å². The summed E-state index contributed by atoms with van der Waals surface area (Å²) in [4.78, 5) is 30.4. The van der Waals surface area contributed by atoms with Crippen LogP contribution < -0.4 is 5.32 Å². The van der Waals surface area contributed by atoms with Crippen LogP contribution in [0.1, 0.15) is 34.7 Å². The Balaban J connectivity index is 0.000000730. The summed E-state index contributed by atoms with van der Waals surface area (Å²) in [6, 6.07) is 10.7. The van der Waals surface area contributed by atoms with Gasteiger partial charge in [-0.3, -0.25) is 14.5 Å². The lowest BCUT2D eigenvalue weighted by atomic mass is 9.73. The fourth-order valence-corrected chi connectivity index (χ4v) is 5.50. The molecule has 166 valence electrons. The van der Waals surface area contributed by atoms with Crippen LogP contribution in [0.3, 0.4) is 0 Å². The first kappa shape index (κ1) is 21.5. The lowest BCUT2D eigenvalue weighted by Gasteiger charge is -2.29. The first-order valence-electron chi connectivity index (χ1n) is 10.9. The van der Waals surface area contributed by atoms with Crippen molar-refractivity contribution >= 4 is 12.4 Å². The minimum absolute atomic E-state index is 0.0152. The van der Waals surface area contributed by atoms with E-state index < -0.39 is 0 Å². The van der Waals surface area contributed by atoms with Crippen molar-refractivity contribution in [3.63, 3.8) is 0 Å². The van der Waals surface area contributed by atoms with Crippen LogP contribution in [0.25, 0.3) is 0 Å². The van der Waals surface area contributed by atoms with Crippen LogP contribution in [-0.2, 0) is 16.0 Å². The van der Waals surface area contributed by atoms with E-state index in [1.54, 1.807) is 6.20 Å². The molecule has 4 heterocycles. The number of nitrogens with one attached hydrogen (secondary N) is 2. The van der Waals surface area contributed by atoms with E-state index in [0.717, 1.165) is 44.7 Å². The number of aromatic amines is 1. The van der Waals surface area contributed by atoms with E-state index in [4.69, 9.17) is 14.6 Å². The highest BCUT2D eigenvalue weighted by molar-refractivity contribution is 5.92. The Labute approximate surface area is 182 Å². The molecule has 0 aliphatic carbocycles. The number of carboxylic acid groups (broad SMARTS) is 1. The summed E-state index contributed by atoms with van der Waals surface area (Å²) in [6.45, 7) is 5.47. The third kappa shape index (κ3) is 4.50. The second-order valence-electron chi connectivity index (χ2n) is 8.70. The van der Waals surface area contributed by atoms with Gasteiger partial charge in [-0.15, -0.1) is 0 Å². The topological polar surface area (TPSA) is 108 Å². The van der Waals surface area contributed by atoms with Gasteiger partial charge in [0.15, 0.2) is 0 Å². The standard InChI is InChI=1S/C22H28N4O2.CH2O2/c1-15-23-12-19(25-15)21(27)24-11-17-18-13-26(10-8-16-5-3-2-4-6-16)14-22(18)9-7-20(17)28-22;2-1-3/h2-6,12,17-18,20H,7-11,13-14H2,1H3,(H,23,25)(H,24,27);1H,(H,2,3)/t17-,18+,20+,22+;/m0./s1. The molecule has 0 saturated carbocycles. The Morgan fingerprint density at radius 3 is 2.90 bits per heavy atom. The number of amides is 1. The van der Waals surface area contributed by atoms with Gasteiger partial charge < -0.3 is 20.1 Å². The third-order valence-electron chi connectivity index (χ3n) is 6.86. The molecule has 1 aromatic heterocycles. The second-order valence-corrected chi connectivity index (χ2v) is 8.70. The Bertz CT molecular complexity index is 902. The molecular formula is C23H30N4O4. The highest BCUT2D eigenvalue weighted by Gasteiger charge is 2.62. The van der Waals surface area contributed by atoms with Crippen LogP contribution in [0, 0.1) is 18.8 Å². The van der Waals surface area contributed by atoms with Gasteiger partial charge in [-0.2, -0.15) is 0 Å². The van der Waals surface area contributed by atoms with Crippen molar-refractivity contribution in [3.05, 3.63) is 53.6 Å². The molecule has 5 rings (SSSR count). The summed E-state index contributed by atoms with van der Waals surface area (Å²) < 4.78 is 6.51. The fraction of sp³-hybridized carbons (Fsp3) is 0.522. The highest BCUT2D eigenvalue weighted by atomic mass is 16.5. The predicted molar refractivity (Wildman–Crippen MR) is 115 cm³/mol. The zero-order valence-corrected chi connectivity index (χ0v) is 17.8. The van der Waals surface area contributed by atoms with E-state index in [2.05, 4.69) is 50.5 Å². The lowest BCUT2D eigenvalue weighted by Crippen LogP contribution is -2.42. The van der Waals surface area contributed by atoms with Gasteiger partial charge in [-0.05, 0) is 31.7 Å². The normalized spacial score (nSPS) is 28.6. The van der Waals surface area contributed by atoms with Gasteiger partial charge in [0.05, 0.1) is 17.9 Å². The Kier molecular flexibility index (Phi) is 6.38. The van der Waals surface area contributed by atoms with Crippen LogP contribution in [0.2, 0.25) is 0 Å². The number of hydrogen-bond donors (Lipinski definition) is 3. The van der Waals surface area contributed by atoms with Gasteiger partial charge in [-0.25, -0.2) is 4.98 Å². The molecule has 3 N–H and O–H groups in total. The molecule has 3 saturated heterocycles. The monoisotopic (exact) mass is 426 g/mol. The van der Waals surface area contributed by atoms with Crippen LogP contribution in [0.4, 0.5) is 0 Å². The maximum atomic E-state index is 12.4. The van der Waals surface area contributed by atoms with Crippen molar-refractivity contribution in [1.29, 1.82) is 0 Å². The number of aryl methyl sites for hydroxylation is 1. The maximum Gasteiger partial charge on any atom is 0.290 e. The van der Waals surface area contributed by atoms with Gasteiger partial charge in [0, 0.05) is 38.0 Å². The molecule has 3 aliphatic heterocycles. The second kappa shape index (κ2) is 9.20. The Morgan fingerprint density at radius 2 is 2.19 bits per heavy atom. The van der Waals surface area contributed by atoms with Crippen molar-refractivity contribution in [2.24, 2.45) is 11.8 Å². The van der Waals surface area contributed by atoms with Gasteiger partial charge in [0.1, 0.15) is 11.5 Å². The Morgan fingerprint density at radius 1 is 1.42 bits per heavy atom. The zero-order chi connectivity index (χ0) is 21.8. The quantitative estimate of drug-likeness (QED) is 0.609. The van der Waals surface area contributed by atoms with Crippen LogP contribution in [0.5, 0.6) is 0 Å². The smallest absolute Gasteiger partial charge is 0.290 e. The van der Waals surface area contributed by atoms with Crippen molar-refractivity contribution in [2.45, 2.75) is 37.9 Å². The number of H-pyrrole nitrogens is 1. The number of ether oxygens (including phenoxy) is 1. The minimum atomic E-state index is -0.250. The molecule has 3 aliphatic rings. The highest BCUT2D eigenvalue weighted by Crippen LogP contribution is 2.54. The van der Waals surface area contributed by atoms with E-state index in [9.17, 15) is 4.79 Å². The number of carbonyl (C=O) groups excluding carboxylic acids is 1. The number of imidazole rings is 1. The van der Waals surface area contributed by atoms with Crippen molar-refractivity contribution in [2.75, 3.05) is 26.2 Å². The number of hydrogen-bond acceptors (Lipinski definition) is 5. The minimum Gasteiger partial charge on any atom is -0.483 e. The third-order valence-corrected chi connectivity index (χ3v) is 6.86. The largest absolute Gasteiger partial charge is 0.483 e. The van der Waals surface area contributed by atoms with E-state index >= 15 is 0 Å². The van der Waals surface area contributed by atoms with Crippen LogP contribution in [0.15, 0.2) is 36.5 Å². The molecule has 1 aromatic carbocycles. The molecule has 4 atom stereocenters. The summed E-state index contributed by atoms with van der Waals surface area (Å²) in [6.07, 6.45) is 5.25. The van der Waals surface area contributed by atoms with E-state index in [1.165, 1.54) is 5.56 Å². The summed E-state index contributed by atoms with van der Waals surface area (Å²) >= 11 is 0. The number of likely N-dealkylation sites (tertiary alicyclic amines) is 1. The van der Waals surface area contributed by atoms with Crippen molar-refractivity contribution < 1.29 is 19.4 Å². The molecule has 0 radical (unpaired) electrons. The molecule has 2 bridgehead atoms. The van der Waals surface area contributed by atoms with E-state index in [-0.39, 0.29) is 18.0 Å². The van der Waals surface area contributed by atoms with Crippen molar-refractivity contribution in [1.82, 2.24) is 20.2 Å². The van der Waals surface area contributed by atoms with Gasteiger partial charge >= 0.3 is 0 Å². The predicted octanol–water partition coefficient (Wildman–Crippen LogP) is 1.87. The van der Waals surface area contributed by atoms with E-state index in [0.29, 0.717) is 30.2 Å². The molecule has 0 unspecified atom stereocenters. The average Bonchev–Trinajstić information content (AvgIpc) is 3.52. The van der Waals surface area contributed by atoms with E-state index in [1.807, 2.05) is 6.92 Å². The average molecular weight is 427 g/mol. The molecule has 3 fully saturated rings. The maximum absolute atomic E-state index is 12.4. The summed E-state index contributed by atoms with van der Waals surface area (Å²) in [7, 11) is 0. The van der Waals surface area contributed by atoms with Crippen LogP contribution in [-0.4, -0.2) is 70.2 Å². The fourth-order valence-electron chi connectivity index (χ4n) is 5.50. The van der Waals surface area contributed by atoms with Gasteiger partial charge in [-0.1, -0.05) is 30.3 Å². The molecule has 8 heteroatoms. The number of aromatic nitrogens is 2. The first-order chi connectivity index (χ1) is 15.0. The number of carbonyl (C=O) groups is 2. The summed E-state index contributed by atoms with van der Waals surface area (Å²) in [5.41, 5.74) is 1.94. The SMILES string of the molecule is Cc1ncc(C(=O)NC[C@H]2[C@H]3CN(CCc4ccccc4)C[C@]34CC[C@H]2O4)[nH]1.O=CO. The molecule has 31 heavy (non-hydrogen) atoms. The molecular weight excluding hydrogens is 396 g/mol. The zero-order valence-electron chi connectivity index (χ0n) is 17.8. The number of nitrogens with zero attached hydrogens (tertiary/aromatic N) is 2. The summed E-state index contributed by atoms with van der Waals surface area (Å²) in [5.74, 6) is 1.61. The first-order valence-corrected chi connectivity index (χ1v) is 10.9. The Hall–Kier alpha value is -2.71. The summed E-state index contributed by atoms with van der Waals surface area (Å²) in [5, 5.41) is 10.0. The van der Waals surface area contributed by atoms with Crippen molar-refractivity contribution in [3.8, 4) is 0 Å². The lowest BCUT2D eigenvalue weighted by molar-refractivity contribution is -0.122.